The van der Waals surface area contributed by atoms with Gasteiger partial charge in [-0.1, -0.05) is 12.1 Å². The highest BCUT2D eigenvalue weighted by atomic mass is 32.3. The minimum absolute atomic E-state index is 0.0146. The van der Waals surface area contributed by atoms with E-state index in [-0.39, 0.29) is 5.75 Å². The van der Waals surface area contributed by atoms with Gasteiger partial charge in [-0.25, -0.2) is 8.42 Å². The van der Waals surface area contributed by atoms with Crippen molar-refractivity contribution >= 4 is 10.4 Å². The van der Waals surface area contributed by atoms with Crippen LogP contribution < -0.4 is 9.92 Å². The maximum Gasteiger partial charge on any atom is 0.262 e. The molecule has 0 atom stereocenters. The van der Waals surface area contributed by atoms with Gasteiger partial charge in [0.15, 0.2) is 0 Å². The van der Waals surface area contributed by atoms with Crippen molar-refractivity contribution in [2.75, 3.05) is 6.54 Å². The Bertz CT molecular complexity index is 384. The van der Waals surface area contributed by atoms with Gasteiger partial charge in [-0.05, 0) is 30.7 Å². The molecule has 0 saturated carbocycles. The van der Waals surface area contributed by atoms with Crippen LogP contribution in [-0.4, -0.2) is 19.5 Å². The Kier molecular flexibility index (Phi) is 3.45. The standard InChI is InChI=1S/C8H11NO4S/c9-6-5-7-1-3-8(4-2-7)13-14(10,11)12/h1-4H,5-6,9H2,(H,10,11,12)/p-1. The fraction of sp³-hybridized carbons (Fsp3) is 0.250. The molecule has 5 nitrogen and oxygen atoms in total. The molecular formula is C8H10NO4S-. The lowest BCUT2D eigenvalue weighted by atomic mass is 10.1. The minimum Gasteiger partial charge on any atom is -0.716 e. The molecule has 0 fully saturated rings. The molecule has 0 aliphatic rings. The summed E-state index contributed by atoms with van der Waals surface area (Å²) in [5.41, 5.74) is 6.28. The smallest absolute Gasteiger partial charge is 0.262 e. The summed E-state index contributed by atoms with van der Waals surface area (Å²) in [6.07, 6.45) is 0.699. The summed E-state index contributed by atoms with van der Waals surface area (Å²) < 4.78 is 34.8. The van der Waals surface area contributed by atoms with Gasteiger partial charge in [0.05, 0.1) is 0 Å². The van der Waals surface area contributed by atoms with E-state index in [0.29, 0.717) is 13.0 Å². The van der Waals surface area contributed by atoms with Crippen molar-refractivity contribution in [3.05, 3.63) is 29.8 Å². The van der Waals surface area contributed by atoms with Crippen LogP contribution in [0.2, 0.25) is 0 Å². The maximum atomic E-state index is 10.2. The molecular weight excluding hydrogens is 206 g/mol. The highest BCUT2D eigenvalue weighted by Gasteiger charge is 1.98. The summed E-state index contributed by atoms with van der Waals surface area (Å²) >= 11 is 0. The lowest BCUT2D eigenvalue weighted by Gasteiger charge is -2.08. The van der Waals surface area contributed by atoms with E-state index in [0.717, 1.165) is 5.56 Å². The number of rotatable bonds is 4. The summed E-state index contributed by atoms with van der Waals surface area (Å²) in [7, 11) is -4.68. The summed E-state index contributed by atoms with van der Waals surface area (Å²) in [4.78, 5) is 0. The maximum absolute atomic E-state index is 10.2. The first kappa shape index (κ1) is 11.0. The third-order valence-corrected chi connectivity index (χ3v) is 1.95. The van der Waals surface area contributed by atoms with E-state index < -0.39 is 10.4 Å². The van der Waals surface area contributed by atoms with E-state index in [4.69, 9.17) is 5.73 Å². The van der Waals surface area contributed by atoms with Gasteiger partial charge in [-0.2, -0.15) is 0 Å². The van der Waals surface area contributed by atoms with Crippen LogP contribution in [0.5, 0.6) is 5.75 Å². The Morgan fingerprint density at radius 2 is 1.86 bits per heavy atom. The van der Waals surface area contributed by atoms with Gasteiger partial charge >= 0.3 is 0 Å². The van der Waals surface area contributed by atoms with Crippen molar-refractivity contribution < 1.29 is 17.2 Å². The summed E-state index contributed by atoms with van der Waals surface area (Å²) in [5.74, 6) is 0.0146. The monoisotopic (exact) mass is 216 g/mol. The first-order valence-corrected chi connectivity index (χ1v) is 5.29. The van der Waals surface area contributed by atoms with Crippen LogP contribution in [0.25, 0.3) is 0 Å². The van der Waals surface area contributed by atoms with Crippen LogP contribution in [0.4, 0.5) is 0 Å². The lowest BCUT2D eigenvalue weighted by Crippen LogP contribution is -2.07. The average Bonchev–Trinajstić information content (AvgIpc) is 2.06. The van der Waals surface area contributed by atoms with Crippen molar-refractivity contribution in [1.82, 2.24) is 0 Å². The second-order valence-corrected chi connectivity index (χ2v) is 3.66. The van der Waals surface area contributed by atoms with E-state index in [1.165, 1.54) is 12.1 Å². The fourth-order valence-electron chi connectivity index (χ4n) is 0.996. The number of hydrogen-bond acceptors (Lipinski definition) is 5. The molecule has 0 radical (unpaired) electrons. The quantitative estimate of drug-likeness (QED) is 0.566. The van der Waals surface area contributed by atoms with Crippen LogP contribution >= 0.6 is 0 Å². The number of hydrogen-bond donors (Lipinski definition) is 1. The summed E-state index contributed by atoms with van der Waals surface area (Å²) in [6, 6.07) is 6.15. The van der Waals surface area contributed by atoms with E-state index >= 15 is 0 Å². The molecule has 1 aromatic carbocycles. The Morgan fingerprint density at radius 1 is 1.29 bits per heavy atom. The van der Waals surface area contributed by atoms with Crippen molar-refractivity contribution in [3.8, 4) is 5.75 Å². The molecule has 0 unspecified atom stereocenters. The lowest BCUT2D eigenvalue weighted by molar-refractivity contribution is 0.372. The molecule has 0 aliphatic carbocycles. The van der Waals surface area contributed by atoms with E-state index in [9.17, 15) is 13.0 Å². The molecule has 78 valence electrons. The van der Waals surface area contributed by atoms with Crippen molar-refractivity contribution in [3.63, 3.8) is 0 Å². The first-order chi connectivity index (χ1) is 6.51. The highest BCUT2D eigenvalue weighted by molar-refractivity contribution is 7.81. The van der Waals surface area contributed by atoms with Gasteiger partial charge in [-0.15, -0.1) is 0 Å². The van der Waals surface area contributed by atoms with Gasteiger partial charge in [0, 0.05) is 0 Å². The molecule has 0 aliphatic heterocycles. The molecule has 2 N–H and O–H groups in total. The normalized spacial score (nSPS) is 11.3. The third-order valence-electron chi connectivity index (χ3n) is 1.55. The van der Waals surface area contributed by atoms with Crippen LogP contribution in [0, 0.1) is 0 Å². The Hall–Kier alpha value is -1.11. The predicted octanol–water partition coefficient (Wildman–Crippen LogP) is 0.0268. The van der Waals surface area contributed by atoms with Gasteiger partial charge in [0.2, 0.25) is 0 Å². The van der Waals surface area contributed by atoms with Crippen molar-refractivity contribution in [2.45, 2.75) is 6.42 Å². The second kappa shape index (κ2) is 4.41. The molecule has 0 aromatic heterocycles. The Balaban J connectivity index is 2.74. The molecule has 0 heterocycles. The zero-order valence-electron chi connectivity index (χ0n) is 7.34. The molecule has 14 heavy (non-hydrogen) atoms. The molecule has 0 amide bonds. The van der Waals surface area contributed by atoms with E-state index in [1.807, 2.05) is 0 Å². The van der Waals surface area contributed by atoms with Crippen LogP contribution in [-0.2, 0) is 16.8 Å². The van der Waals surface area contributed by atoms with Gasteiger partial charge in [0.1, 0.15) is 5.75 Å². The number of benzene rings is 1. The van der Waals surface area contributed by atoms with Crippen molar-refractivity contribution in [2.24, 2.45) is 5.73 Å². The van der Waals surface area contributed by atoms with E-state index in [1.54, 1.807) is 12.1 Å². The zero-order valence-corrected chi connectivity index (χ0v) is 8.16. The third kappa shape index (κ3) is 3.73. The molecule has 6 heteroatoms. The average molecular weight is 216 g/mol. The molecule has 1 rings (SSSR count). The number of nitrogens with two attached hydrogens (primary N) is 1. The SMILES string of the molecule is NCCc1ccc(OS(=O)(=O)[O-])cc1. The van der Waals surface area contributed by atoms with E-state index in [2.05, 4.69) is 4.18 Å². The highest BCUT2D eigenvalue weighted by Crippen LogP contribution is 2.13. The summed E-state index contributed by atoms with van der Waals surface area (Å²) in [5, 5.41) is 0. The minimum atomic E-state index is -4.68. The molecule has 0 bridgehead atoms. The van der Waals surface area contributed by atoms with Gasteiger partial charge in [-0.3, -0.25) is 0 Å². The van der Waals surface area contributed by atoms with Crippen LogP contribution in [0.3, 0.4) is 0 Å². The van der Waals surface area contributed by atoms with Gasteiger partial charge < -0.3 is 14.5 Å². The van der Waals surface area contributed by atoms with Gasteiger partial charge in [0.25, 0.3) is 10.4 Å². The Labute approximate surface area is 82.5 Å². The second-order valence-electron chi connectivity index (χ2n) is 2.67. The fourth-order valence-corrected chi connectivity index (χ4v) is 1.34. The molecule has 0 saturated heterocycles. The Morgan fingerprint density at radius 3 is 2.29 bits per heavy atom. The predicted molar refractivity (Wildman–Crippen MR) is 49.5 cm³/mol. The van der Waals surface area contributed by atoms with Crippen LogP contribution in [0.15, 0.2) is 24.3 Å². The molecule has 0 spiro atoms. The first-order valence-electron chi connectivity index (χ1n) is 3.95. The molecule has 1 aromatic rings. The largest absolute Gasteiger partial charge is 0.716 e. The summed E-state index contributed by atoms with van der Waals surface area (Å²) in [6.45, 7) is 0.514. The zero-order chi connectivity index (χ0) is 10.6. The topological polar surface area (TPSA) is 92.5 Å². The van der Waals surface area contributed by atoms with Crippen molar-refractivity contribution in [1.29, 1.82) is 0 Å². The van der Waals surface area contributed by atoms with Crippen LogP contribution in [0.1, 0.15) is 5.56 Å².